The Labute approximate surface area is 140 Å². The number of thioether (sulfide) groups is 1. The van der Waals surface area contributed by atoms with Crippen molar-refractivity contribution in [3.05, 3.63) is 54.6 Å². The standard InChI is InChI=1S/C18H19N3OS/c1-13(17(22)20(2)3)23-18-19-15-11-7-8-12-16(15)21(18)14-9-5-4-6-10-14/h4-13H,1-3H3. The molecule has 0 aliphatic heterocycles. The van der Waals surface area contributed by atoms with E-state index in [9.17, 15) is 4.79 Å². The zero-order valence-electron chi connectivity index (χ0n) is 13.4. The first-order valence-corrected chi connectivity index (χ1v) is 8.36. The molecule has 118 valence electrons. The van der Waals surface area contributed by atoms with E-state index < -0.39 is 0 Å². The van der Waals surface area contributed by atoms with Crippen molar-refractivity contribution in [2.24, 2.45) is 0 Å². The maximum absolute atomic E-state index is 12.2. The highest BCUT2D eigenvalue weighted by molar-refractivity contribution is 8.00. The number of hydrogen-bond acceptors (Lipinski definition) is 3. The van der Waals surface area contributed by atoms with Crippen molar-refractivity contribution in [2.45, 2.75) is 17.3 Å². The van der Waals surface area contributed by atoms with E-state index >= 15 is 0 Å². The molecule has 1 unspecified atom stereocenters. The number of carbonyl (C=O) groups is 1. The van der Waals surface area contributed by atoms with Gasteiger partial charge in [-0.1, -0.05) is 42.1 Å². The lowest BCUT2D eigenvalue weighted by atomic mass is 10.3. The van der Waals surface area contributed by atoms with Crippen LogP contribution >= 0.6 is 11.8 Å². The predicted octanol–water partition coefficient (Wildman–Crippen LogP) is 3.59. The highest BCUT2D eigenvalue weighted by Crippen LogP contribution is 2.30. The van der Waals surface area contributed by atoms with Gasteiger partial charge in [0.25, 0.3) is 0 Å². The molecule has 0 aliphatic rings. The van der Waals surface area contributed by atoms with Crippen LogP contribution < -0.4 is 0 Å². The Morgan fingerprint density at radius 1 is 1.09 bits per heavy atom. The van der Waals surface area contributed by atoms with E-state index in [1.807, 2.05) is 43.3 Å². The van der Waals surface area contributed by atoms with Gasteiger partial charge in [-0.05, 0) is 31.2 Å². The van der Waals surface area contributed by atoms with Gasteiger partial charge in [0.15, 0.2) is 5.16 Å². The average molecular weight is 325 g/mol. The topological polar surface area (TPSA) is 38.1 Å². The molecule has 0 aliphatic carbocycles. The minimum atomic E-state index is -0.190. The zero-order chi connectivity index (χ0) is 16.4. The molecule has 1 aromatic heterocycles. The molecule has 0 fully saturated rings. The maximum atomic E-state index is 12.2. The summed E-state index contributed by atoms with van der Waals surface area (Å²) in [6.45, 7) is 1.92. The molecule has 0 saturated carbocycles. The minimum Gasteiger partial charge on any atom is -0.348 e. The van der Waals surface area contributed by atoms with Gasteiger partial charge in [-0.2, -0.15) is 0 Å². The van der Waals surface area contributed by atoms with Crippen LogP contribution in [0.3, 0.4) is 0 Å². The minimum absolute atomic E-state index is 0.0849. The molecule has 0 radical (unpaired) electrons. The molecule has 1 amide bonds. The maximum Gasteiger partial charge on any atom is 0.235 e. The monoisotopic (exact) mass is 325 g/mol. The molecular formula is C18H19N3OS. The average Bonchev–Trinajstić information content (AvgIpc) is 2.92. The molecule has 5 heteroatoms. The van der Waals surface area contributed by atoms with E-state index in [1.165, 1.54) is 11.8 Å². The normalized spacial score (nSPS) is 12.3. The summed E-state index contributed by atoms with van der Waals surface area (Å²) in [6.07, 6.45) is 0. The number of nitrogens with zero attached hydrogens (tertiary/aromatic N) is 3. The fourth-order valence-corrected chi connectivity index (χ4v) is 3.57. The van der Waals surface area contributed by atoms with Crippen LogP contribution in [0.5, 0.6) is 0 Å². The first-order chi connectivity index (χ1) is 11.1. The molecule has 0 saturated heterocycles. The predicted molar refractivity (Wildman–Crippen MR) is 95.1 cm³/mol. The molecule has 0 spiro atoms. The number of rotatable bonds is 4. The Morgan fingerprint density at radius 3 is 2.43 bits per heavy atom. The summed E-state index contributed by atoms with van der Waals surface area (Å²) >= 11 is 1.49. The molecule has 23 heavy (non-hydrogen) atoms. The van der Waals surface area contributed by atoms with Crippen LogP contribution in [0.25, 0.3) is 16.7 Å². The molecule has 3 rings (SSSR count). The Kier molecular flexibility index (Phi) is 4.39. The second-order valence-corrected chi connectivity index (χ2v) is 6.85. The highest BCUT2D eigenvalue weighted by Gasteiger charge is 2.21. The van der Waals surface area contributed by atoms with Crippen molar-refractivity contribution in [2.75, 3.05) is 14.1 Å². The van der Waals surface area contributed by atoms with Gasteiger partial charge in [-0.25, -0.2) is 4.98 Å². The van der Waals surface area contributed by atoms with Crippen LogP contribution in [0.4, 0.5) is 0 Å². The third-order valence-corrected chi connectivity index (χ3v) is 4.66. The van der Waals surface area contributed by atoms with Gasteiger partial charge in [-0.15, -0.1) is 0 Å². The lowest BCUT2D eigenvalue weighted by molar-refractivity contribution is -0.127. The Morgan fingerprint density at radius 2 is 1.74 bits per heavy atom. The van der Waals surface area contributed by atoms with Crippen LogP contribution in [-0.2, 0) is 4.79 Å². The third kappa shape index (κ3) is 3.10. The largest absolute Gasteiger partial charge is 0.348 e. The molecule has 2 aromatic carbocycles. The first-order valence-electron chi connectivity index (χ1n) is 7.48. The molecule has 1 atom stereocenters. The SMILES string of the molecule is CC(Sc1nc2ccccc2n1-c1ccccc1)C(=O)N(C)C. The summed E-state index contributed by atoms with van der Waals surface area (Å²) < 4.78 is 2.11. The van der Waals surface area contributed by atoms with Crippen molar-refractivity contribution in [1.29, 1.82) is 0 Å². The molecule has 4 nitrogen and oxygen atoms in total. The third-order valence-electron chi connectivity index (χ3n) is 3.62. The van der Waals surface area contributed by atoms with Gasteiger partial charge in [-0.3, -0.25) is 9.36 Å². The van der Waals surface area contributed by atoms with Gasteiger partial charge in [0.05, 0.1) is 16.3 Å². The summed E-state index contributed by atoms with van der Waals surface area (Å²) in [6, 6.07) is 18.1. The van der Waals surface area contributed by atoms with Crippen molar-refractivity contribution in [3.8, 4) is 5.69 Å². The number of fused-ring (bicyclic) bond motifs is 1. The van der Waals surface area contributed by atoms with Crippen LogP contribution in [0.2, 0.25) is 0 Å². The summed E-state index contributed by atoms with van der Waals surface area (Å²) in [4.78, 5) is 18.5. The lowest BCUT2D eigenvalue weighted by Gasteiger charge is -2.16. The number of amides is 1. The second-order valence-electron chi connectivity index (χ2n) is 5.55. The van der Waals surface area contributed by atoms with Crippen molar-refractivity contribution in [3.63, 3.8) is 0 Å². The lowest BCUT2D eigenvalue weighted by Crippen LogP contribution is -2.29. The summed E-state index contributed by atoms with van der Waals surface area (Å²) in [5.74, 6) is 0.0849. The Balaban J connectivity index is 2.08. The van der Waals surface area contributed by atoms with E-state index in [0.29, 0.717) is 0 Å². The van der Waals surface area contributed by atoms with E-state index in [4.69, 9.17) is 4.98 Å². The number of carbonyl (C=O) groups excluding carboxylic acids is 1. The Bertz CT molecular complexity index is 827. The molecule has 3 aromatic rings. The van der Waals surface area contributed by atoms with E-state index in [2.05, 4.69) is 22.8 Å². The van der Waals surface area contributed by atoms with Crippen LogP contribution in [0.15, 0.2) is 59.8 Å². The van der Waals surface area contributed by atoms with Crippen LogP contribution in [-0.4, -0.2) is 39.7 Å². The fraction of sp³-hybridized carbons (Fsp3) is 0.222. The zero-order valence-corrected chi connectivity index (χ0v) is 14.2. The summed E-state index contributed by atoms with van der Waals surface area (Å²) in [7, 11) is 3.55. The molecule has 1 heterocycles. The van der Waals surface area contributed by atoms with Crippen molar-refractivity contribution < 1.29 is 4.79 Å². The van der Waals surface area contributed by atoms with Gasteiger partial charge in [0.1, 0.15) is 0 Å². The number of imidazole rings is 1. The second kappa shape index (κ2) is 6.46. The van der Waals surface area contributed by atoms with Gasteiger partial charge in [0, 0.05) is 19.8 Å². The van der Waals surface area contributed by atoms with Crippen molar-refractivity contribution >= 4 is 28.7 Å². The summed E-state index contributed by atoms with van der Waals surface area (Å²) in [5, 5.41) is 0.643. The molecule has 0 N–H and O–H groups in total. The number of hydrogen-bond donors (Lipinski definition) is 0. The highest BCUT2D eigenvalue weighted by atomic mass is 32.2. The Hall–Kier alpha value is -2.27. The summed E-state index contributed by atoms with van der Waals surface area (Å²) in [5.41, 5.74) is 3.03. The van der Waals surface area contributed by atoms with Gasteiger partial charge < -0.3 is 4.90 Å². The number of para-hydroxylation sites is 3. The number of aromatic nitrogens is 2. The van der Waals surface area contributed by atoms with E-state index in [-0.39, 0.29) is 11.2 Å². The van der Waals surface area contributed by atoms with E-state index in [0.717, 1.165) is 21.9 Å². The van der Waals surface area contributed by atoms with Gasteiger partial charge in [0.2, 0.25) is 5.91 Å². The molecule has 0 bridgehead atoms. The van der Waals surface area contributed by atoms with Crippen LogP contribution in [0, 0.1) is 0 Å². The van der Waals surface area contributed by atoms with Crippen LogP contribution in [0.1, 0.15) is 6.92 Å². The quantitative estimate of drug-likeness (QED) is 0.688. The van der Waals surface area contributed by atoms with E-state index in [1.54, 1.807) is 19.0 Å². The van der Waals surface area contributed by atoms with Crippen molar-refractivity contribution in [1.82, 2.24) is 14.5 Å². The fourth-order valence-electron chi connectivity index (χ4n) is 2.48. The van der Waals surface area contributed by atoms with Gasteiger partial charge >= 0.3 is 0 Å². The smallest absolute Gasteiger partial charge is 0.235 e. The molecular weight excluding hydrogens is 306 g/mol. The number of benzene rings is 2. The first kappa shape index (κ1) is 15.6.